The zero-order valence-corrected chi connectivity index (χ0v) is 13.6. The highest BCUT2D eigenvalue weighted by Gasteiger charge is 2.06. The maximum absolute atomic E-state index is 12.0. The molecule has 1 aromatic heterocycles. The van der Waals surface area contributed by atoms with E-state index in [1.165, 1.54) is 10.9 Å². The number of benzene rings is 2. The number of aromatic nitrogens is 1. The van der Waals surface area contributed by atoms with Gasteiger partial charge in [-0.2, -0.15) is 0 Å². The Morgan fingerprint density at radius 3 is 2.92 bits per heavy atom. The molecule has 1 heterocycles. The van der Waals surface area contributed by atoms with Crippen LogP contribution in [0.1, 0.15) is 12.5 Å². The molecule has 0 fully saturated rings. The van der Waals surface area contributed by atoms with Crippen LogP contribution in [0.4, 0.5) is 10.5 Å². The molecule has 0 spiro atoms. The number of para-hydroxylation sites is 2. The fraction of sp³-hybridized carbons (Fsp3) is 0.211. The highest BCUT2D eigenvalue weighted by atomic mass is 16.5. The third-order valence-corrected chi connectivity index (χ3v) is 3.75. The summed E-state index contributed by atoms with van der Waals surface area (Å²) in [4.78, 5) is 15.2. The molecule has 3 N–H and O–H groups in total. The Hall–Kier alpha value is -2.95. The molecule has 3 rings (SSSR count). The van der Waals surface area contributed by atoms with Crippen molar-refractivity contribution in [1.82, 2.24) is 10.3 Å². The first-order chi connectivity index (χ1) is 11.8. The molecule has 2 amide bonds. The lowest BCUT2D eigenvalue weighted by Gasteiger charge is -2.12. The van der Waals surface area contributed by atoms with Crippen LogP contribution < -0.4 is 15.4 Å². The summed E-state index contributed by atoms with van der Waals surface area (Å²) >= 11 is 0. The molecule has 24 heavy (non-hydrogen) atoms. The first-order valence-electron chi connectivity index (χ1n) is 8.09. The van der Waals surface area contributed by atoms with Gasteiger partial charge in [0.1, 0.15) is 5.75 Å². The van der Waals surface area contributed by atoms with Gasteiger partial charge in [-0.3, -0.25) is 0 Å². The van der Waals surface area contributed by atoms with Crippen molar-refractivity contribution < 1.29 is 9.53 Å². The fourth-order valence-corrected chi connectivity index (χ4v) is 2.59. The second-order valence-corrected chi connectivity index (χ2v) is 5.46. The number of anilines is 1. The lowest BCUT2D eigenvalue weighted by molar-refractivity contribution is 0.252. The number of hydrogen-bond acceptors (Lipinski definition) is 2. The van der Waals surface area contributed by atoms with Crippen molar-refractivity contribution in [2.45, 2.75) is 13.3 Å². The van der Waals surface area contributed by atoms with Crippen LogP contribution in [0.5, 0.6) is 5.75 Å². The predicted molar refractivity (Wildman–Crippen MR) is 96.6 cm³/mol. The van der Waals surface area contributed by atoms with E-state index in [2.05, 4.69) is 33.8 Å². The average molecular weight is 323 g/mol. The molecule has 0 saturated heterocycles. The molecule has 0 aliphatic rings. The second-order valence-electron chi connectivity index (χ2n) is 5.46. The first kappa shape index (κ1) is 15.9. The number of rotatable bonds is 6. The Kier molecular flexibility index (Phi) is 5.01. The Balaban J connectivity index is 1.52. The number of aromatic amines is 1. The number of amides is 2. The van der Waals surface area contributed by atoms with E-state index in [1.54, 1.807) is 0 Å². The van der Waals surface area contributed by atoms with Crippen LogP contribution in [0, 0.1) is 0 Å². The third-order valence-electron chi connectivity index (χ3n) is 3.75. The quantitative estimate of drug-likeness (QED) is 0.643. The van der Waals surface area contributed by atoms with Crippen LogP contribution in [-0.2, 0) is 6.42 Å². The standard InChI is InChI=1S/C19H21N3O2/c1-2-24-18-6-4-3-5-16(18)22-19(23)21-11-9-14-7-8-15-10-12-20-17(15)13-14/h3-8,10,12-13,20H,2,9,11H2,1H3,(H2,21,22,23). The highest BCUT2D eigenvalue weighted by Crippen LogP contribution is 2.23. The van der Waals surface area contributed by atoms with Gasteiger partial charge >= 0.3 is 6.03 Å². The number of ether oxygens (including phenoxy) is 1. The molecule has 0 atom stereocenters. The monoisotopic (exact) mass is 323 g/mol. The van der Waals surface area contributed by atoms with Crippen LogP contribution in [-0.4, -0.2) is 24.2 Å². The van der Waals surface area contributed by atoms with Crippen molar-refractivity contribution in [2.24, 2.45) is 0 Å². The lowest BCUT2D eigenvalue weighted by Crippen LogP contribution is -2.30. The smallest absolute Gasteiger partial charge is 0.319 e. The van der Waals surface area contributed by atoms with Crippen molar-refractivity contribution in [3.63, 3.8) is 0 Å². The lowest BCUT2D eigenvalue weighted by atomic mass is 10.1. The number of carbonyl (C=O) groups is 1. The summed E-state index contributed by atoms with van der Waals surface area (Å²) < 4.78 is 5.50. The third kappa shape index (κ3) is 3.87. The molecule has 0 aliphatic carbocycles. The summed E-state index contributed by atoms with van der Waals surface area (Å²) in [6.07, 6.45) is 2.70. The zero-order chi connectivity index (χ0) is 16.8. The van der Waals surface area contributed by atoms with Gasteiger partial charge < -0.3 is 20.4 Å². The topological polar surface area (TPSA) is 66.2 Å². The Labute approximate surface area is 141 Å². The van der Waals surface area contributed by atoms with Gasteiger partial charge in [-0.1, -0.05) is 24.3 Å². The summed E-state index contributed by atoms with van der Waals surface area (Å²) in [5, 5.41) is 6.89. The van der Waals surface area contributed by atoms with Gasteiger partial charge in [0.05, 0.1) is 12.3 Å². The van der Waals surface area contributed by atoms with Crippen LogP contribution in [0.3, 0.4) is 0 Å². The van der Waals surface area contributed by atoms with E-state index in [9.17, 15) is 4.79 Å². The molecular formula is C19H21N3O2. The second kappa shape index (κ2) is 7.55. The first-order valence-corrected chi connectivity index (χ1v) is 8.09. The summed E-state index contributed by atoms with van der Waals surface area (Å²) in [6, 6.07) is 15.5. The number of fused-ring (bicyclic) bond motifs is 1. The largest absolute Gasteiger partial charge is 0.492 e. The molecule has 5 heteroatoms. The average Bonchev–Trinajstić information content (AvgIpc) is 3.04. The van der Waals surface area contributed by atoms with Gasteiger partial charge in [0, 0.05) is 18.3 Å². The van der Waals surface area contributed by atoms with Gasteiger partial charge in [-0.05, 0) is 48.6 Å². The van der Waals surface area contributed by atoms with E-state index in [0.29, 0.717) is 24.6 Å². The Bertz CT molecular complexity index is 826. The molecule has 0 aliphatic heterocycles. The van der Waals surface area contributed by atoms with Crippen LogP contribution in [0.25, 0.3) is 10.9 Å². The van der Waals surface area contributed by atoms with Gasteiger partial charge in [0.2, 0.25) is 0 Å². The van der Waals surface area contributed by atoms with Gasteiger partial charge in [0.15, 0.2) is 0 Å². The highest BCUT2D eigenvalue weighted by molar-refractivity contribution is 5.90. The van der Waals surface area contributed by atoms with E-state index in [1.807, 2.05) is 43.5 Å². The van der Waals surface area contributed by atoms with E-state index >= 15 is 0 Å². The summed E-state index contributed by atoms with van der Waals surface area (Å²) in [7, 11) is 0. The number of urea groups is 1. The van der Waals surface area contributed by atoms with Crippen molar-refractivity contribution in [3.8, 4) is 5.75 Å². The summed E-state index contributed by atoms with van der Waals surface area (Å²) in [5.41, 5.74) is 2.97. The molecule has 5 nitrogen and oxygen atoms in total. The number of carbonyl (C=O) groups excluding carboxylic acids is 1. The van der Waals surface area contributed by atoms with Crippen molar-refractivity contribution in [2.75, 3.05) is 18.5 Å². The van der Waals surface area contributed by atoms with Gasteiger partial charge in [-0.15, -0.1) is 0 Å². The number of H-pyrrole nitrogens is 1. The van der Waals surface area contributed by atoms with E-state index in [-0.39, 0.29) is 6.03 Å². The molecule has 0 saturated carbocycles. The van der Waals surface area contributed by atoms with E-state index in [4.69, 9.17) is 4.74 Å². The predicted octanol–water partition coefficient (Wildman–Crippen LogP) is 3.93. The molecule has 0 bridgehead atoms. The van der Waals surface area contributed by atoms with Crippen molar-refractivity contribution >= 4 is 22.6 Å². The number of hydrogen-bond donors (Lipinski definition) is 3. The summed E-state index contributed by atoms with van der Waals surface area (Å²) in [6.45, 7) is 3.04. The zero-order valence-electron chi connectivity index (χ0n) is 13.6. The fourth-order valence-electron chi connectivity index (χ4n) is 2.59. The normalized spacial score (nSPS) is 10.5. The van der Waals surface area contributed by atoms with Gasteiger partial charge in [0.25, 0.3) is 0 Å². The Morgan fingerprint density at radius 2 is 2.04 bits per heavy atom. The number of nitrogens with one attached hydrogen (secondary N) is 3. The minimum absolute atomic E-state index is 0.233. The maximum Gasteiger partial charge on any atom is 0.319 e. The van der Waals surface area contributed by atoms with Crippen molar-refractivity contribution in [1.29, 1.82) is 0 Å². The molecular weight excluding hydrogens is 302 g/mol. The minimum Gasteiger partial charge on any atom is -0.492 e. The Morgan fingerprint density at radius 1 is 1.17 bits per heavy atom. The SMILES string of the molecule is CCOc1ccccc1NC(=O)NCCc1ccc2cc[nH]c2c1. The van der Waals surface area contributed by atoms with Gasteiger partial charge in [-0.25, -0.2) is 4.79 Å². The molecule has 0 unspecified atom stereocenters. The molecule has 3 aromatic rings. The van der Waals surface area contributed by atoms with E-state index in [0.717, 1.165) is 11.9 Å². The minimum atomic E-state index is -0.233. The van der Waals surface area contributed by atoms with E-state index < -0.39 is 0 Å². The maximum atomic E-state index is 12.0. The molecule has 124 valence electrons. The summed E-state index contributed by atoms with van der Waals surface area (Å²) in [5.74, 6) is 0.673. The van der Waals surface area contributed by atoms with Crippen LogP contribution in [0.2, 0.25) is 0 Å². The molecule has 0 radical (unpaired) electrons. The molecule has 2 aromatic carbocycles. The van der Waals surface area contributed by atoms with Crippen LogP contribution >= 0.6 is 0 Å². The van der Waals surface area contributed by atoms with Crippen molar-refractivity contribution in [3.05, 3.63) is 60.3 Å². The van der Waals surface area contributed by atoms with Crippen LogP contribution in [0.15, 0.2) is 54.7 Å².